The number of hydrogen-bond donors (Lipinski definition) is 2. The molecule has 1 aliphatic rings. The van der Waals surface area contributed by atoms with Crippen LogP contribution < -0.4 is 5.32 Å². The third-order valence-corrected chi connectivity index (χ3v) is 3.15. The maximum Gasteiger partial charge on any atom is 0.129 e. The van der Waals surface area contributed by atoms with E-state index in [-0.39, 0.29) is 31.4 Å². The van der Waals surface area contributed by atoms with Gasteiger partial charge in [0.25, 0.3) is 0 Å². The Hall–Kier alpha value is -0.260. The average Bonchev–Trinajstić information content (AvgIpc) is 2.80. The van der Waals surface area contributed by atoms with Crippen LogP contribution >= 0.6 is 24.8 Å². The van der Waals surface area contributed by atoms with E-state index in [2.05, 4.69) is 17.1 Å². The summed E-state index contributed by atoms with van der Waals surface area (Å²) in [7, 11) is 0. The molecular weight excluding hydrogens is 275 g/mol. The van der Waals surface area contributed by atoms with E-state index >= 15 is 0 Å². The van der Waals surface area contributed by atoms with E-state index in [9.17, 15) is 0 Å². The monoisotopic (exact) mass is 296 g/mol. The van der Waals surface area contributed by atoms with Crippen LogP contribution in [0.25, 0.3) is 0 Å². The Kier molecular flexibility index (Phi) is 8.65. The van der Waals surface area contributed by atoms with E-state index < -0.39 is 0 Å². The van der Waals surface area contributed by atoms with Crippen molar-refractivity contribution in [2.45, 2.75) is 26.0 Å². The van der Waals surface area contributed by atoms with Crippen molar-refractivity contribution in [3.05, 3.63) is 23.7 Å². The van der Waals surface area contributed by atoms with Crippen LogP contribution in [0.15, 0.2) is 16.5 Å². The minimum absolute atomic E-state index is 0. The number of rotatable bonds is 4. The molecule has 0 saturated carbocycles. The summed E-state index contributed by atoms with van der Waals surface area (Å²) in [5.74, 6) is 1.64. The van der Waals surface area contributed by atoms with Gasteiger partial charge in [0, 0.05) is 26.2 Å². The van der Waals surface area contributed by atoms with Crippen LogP contribution in [0.2, 0.25) is 0 Å². The molecule has 1 aromatic rings. The lowest BCUT2D eigenvalue weighted by Crippen LogP contribution is -2.44. The lowest BCUT2D eigenvalue weighted by Gasteiger charge is -2.33. The third kappa shape index (κ3) is 4.14. The first-order valence-corrected chi connectivity index (χ1v) is 5.99. The van der Waals surface area contributed by atoms with Gasteiger partial charge in [0.1, 0.15) is 18.1 Å². The molecule has 1 fully saturated rings. The molecule has 0 spiro atoms. The van der Waals surface area contributed by atoms with E-state index in [0.29, 0.717) is 11.8 Å². The molecule has 1 saturated heterocycles. The van der Waals surface area contributed by atoms with Gasteiger partial charge in [-0.1, -0.05) is 6.92 Å². The highest BCUT2D eigenvalue weighted by molar-refractivity contribution is 5.85. The second-order valence-electron chi connectivity index (χ2n) is 4.17. The van der Waals surface area contributed by atoms with Gasteiger partial charge < -0.3 is 14.8 Å². The van der Waals surface area contributed by atoms with E-state index in [1.165, 1.54) is 0 Å². The van der Waals surface area contributed by atoms with Crippen LogP contribution in [0.1, 0.15) is 30.9 Å². The molecule has 0 unspecified atom stereocenters. The van der Waals surface area contributed by atoms with Crippen LogP contribution in [-0.2, 0) is 6.61 Å². The molecule has 2 heterocycles. The van der Waals surface area contributed by atoms with Gasteiger partial charge in [-0.3, -0.25) is 4.90 Å². The maximum atomic E-state index is 9.00. The molecule has 2 N–H and O–H groups in total. The van der Waals surface area contributed by atoms with E-state index in [1.807, 2.05) is 12.1 Å². The summed E-state index contributed by atoms with van der Waals surface area (Å²) in [4.78, 5) is 2.44. The number of furan rings is 1. The molecule has 4 nitrogen and oxygen atoms in total. The predicted molar refractivity (Wildman–Crippen MR) is 76.6 cm³/mol. The lowest BCUT2D eigenvalue weighted by atomic mass is 10.1. The van der Waals surface area contributed by atoms with Crippen molar-refractivity contribution in [2.24, 2.45) is 0 Å². The average molecular weight is 297 g/mol. The zero-order valence-corrected chi connectivity index (χ0v) is 12.2. The Morgan fingerprint density at radius 3 is 2.50 bits per heavy atom. The molecule has 106 valence electrons. The second-order valence-corrected chi connectivity index (χ2v) is 4.17. The summed E-state index contributed by atoms with van der Waals surface area (Å²) in [5, 5.41) is 12.3. The largest absolute Gasteiger partial charge is 0.462 e. The highest BCUT2D eigenvalue weighted by Crippen LogP contribution is 2.26. The molecule has 6 heteroatoms. The van der Waals surface area contributed by atoms with Crippen molar-refractivity contribution in [1.29, 1.82) is 0 Å². The van der Waals surface area contributed by atoms with Crippen molar-refractivity contribution in [3.63, 3.8) is 0 Å². The summed E-state index contributed by atoms with van der Waals surface area (Å²) in [6.07, 6.45) is 1.04. The summed E-state index contributed by atoms with van der Waals surface area (Å²) in [5.41, 5.74) is 0. The van der Waals surface area contributed by atoms with Gasteiger partial charge in [-0.2, -0.15) is 0 Å². The summed E-state index contributed by atoms with van der Waals surface area (Å²) in [6, 6.07) is 4.20. The molecule has 0 amide bonds. The summed E-state index contributed by atoms with van der Waals surface area (Å²) >= 11 is 0. The van der Waals surface area contributed by atoms with Crippen LogP contribution in [0.5, 0.6) is 0 Å². The van der Waals surface area contributed by atoms with Gasteiger partial charge in [0.05, 0.1) is 6.04 Å². The number of aliphatic hydroxyl groups excluding tert-OH is 1. The number of halogens is 2. The van der Waals surface area contributed by atoms with E-state index in [4.69, 9.17) is 9.52 Å². The standard InChI is InChI=1S/C12H20N2O2.2ClH/c1-2-11(14-7-5-13-6-8-14)12-4-3-10(9-15)16-12;;/h3-4,11,13,15H,2,5-9H2,1H3;2*1H/t11-;;/m0../s1. The SMILES string of the molecule is CC[C@@H](c1ccc(CO)o1)N1CCNCC1.Cl.Cl. The fraction of sp³-hybridized carbons (Fsp3) is 0.667. The van der Waals surface area contributed by atoms with Crippen LogP contribution in [0, 0.1) is 0 Å². The van der Waals surface area contributed by atoms with Gasteiger partial charge in [-0.15, -0.1) is 24.8 Å². The third-order valence-electron chi connectivity index (χ3n) is 3.15. The number of aliphatic hydroxyl groups is 1. The molecule has 0 radical (unpaired) electrons. The quantitative estimate of drug-likeness (QED) is 0.892. The van der Waals surface area contributed by atoms with Gasteiger partial charge in [0.2, 0.25) is 0 Å². The first-order valence-electron chi connectivity index (χ1n) is 5.99. The summed E-state index contributed by atoms with van der Waals surface area (Å²) < 4.78 is 5.63. The maximum absolute atomic E-state index is 9.00. The van der Waals surface area contributed by atoms with Gasteiger partial charge in [-0.05, 0) is 18.6 Å². The molecular formula is C12H22Cl2N2O2. The second kappa shape index (κ2) is 8.77. The lowest BCUT2D eigenvalue weighted by molar-refractivity contribution is 0.145. The normalized spacial score (nSPS) is 17.7. The molecule has 0 aliphatic carbocycles. The Morgan fingerprint density at radius 1 is 1.33 bits per heavy atom. The Morgan fingerprint density at radius 2 is 2.00 bits per heavy atom. The Labute approximate surface area is 121 Å². The van der Waals surface area contributed by atoms with Crippen LogP contribution in [0.3, 0.4) is 0 Å². The highest BCUT2D eigenvalue weighted by Gasteiger charge is 2.22. The number of piperazine rings is 1. The van der Waals surface area contributed by atoms with Crippen molar-refractivity contribution < 1.29 is 9.52 Å². The zero-order valence-electron chi connectivity index (χ0n) is 10.6. The number of nitrogens with zero attached hydrogens (tertiary/aromatic N) is 1. The van der Waals surface area contributed by atoms with Crippen LogP contribution in [0.4, 0.5) is 0 Å². The smallest absolute Gasteiger partial charge is 0.129 e. The molecule has 0 aromatic carbocycles. The fourth-order valence-electron chi connectivity index (χ4n) is 2.29. The molecule has 1 aromatic heterocycles. The molecule has 1 atom stereocenters. The first-order chi connectivity index (χ1) is 7.85. The van der Waals surface area contributed by atoms with Gasteiger partial charge in [0.15, 0.2) is 0 Å². The minimum atomic E-state index is -0.0159. The number of nitrogens with one attached hydrogen (secondary N) is 1. The van der Waals surface area contributed by atoms with Crippen molar-refractivity contribution in [2.75, 3.05) is 26.2 Å². The Bertz CT molecular complexity index is 328. The number of hydrogen-bond acceptors (Lipinski definition) is 4. The van der Waals surface area contributed by atoms with Crippen molar-refractivity contribution in [3.8, 4) is 0 Å². The molecule has 18 heavy (non-hydrogen) atoms. The highest BCUT2D eigenvalue weighted by atomic mass is 35.5. The molecule has 1 aliphatic heterocycles. The van der Waals surface area contributed by atoms with Crippen LogP contribution in [-0.4, -0.2) is 36.2 Å². The first kappa shape index (κ1) is 17.7. The topological polar surface area (TPSA) is 48.6 Å². The van der Waals surface area contributed by atoms with E-state index in [1.54, 1.807) is 0 Å². The zero-order chi connectivity index (χ0) is 11.4. The minimum Gasteiger partial charge on any atom is -0.462 e. The van der Waals surface area contributed by atoms with E-state index in [0.717, 1.165) is 38.4 Å². The van der Waals surface area contributed by atoms with Gasteiger partial charge in [-0.25, -0.2) is 0 Å². The van der Waals surface area contributed by atoms with Crippen molar-refractivity contribution in [1.82, 2.24) is 10.2 Å². The molecule has 0 bridgehead atoms. The molecule has 2 rings (SSSR count). The van der Waals surface area contributed by atoms with Gasteiger partial charge >= 0.3 is 0 Å². The Balaban J connectivity index is 0.00000144. The van der Waals surface area contributed by atoms with Crippen molar-refractivity contribution >= 4 is 24.8 Å². The summed E-state index contributed by atoms with van der Waals surface area (Å²) in [6.45, 7) is 6.38. The fourth-order valence-corrected chi connectivity index (χ4v) is 2.29. The predicted octanol–water partition coefficient (Wildman–Crippen LogP) is 1.97.